The van der Waals surface area contributed by atoms with Gasteiger partial charge in [-0.25, -0.2) is 9.37 Å². The van der Waals surface area contributed by atoms with E-state index < -0.39 is 0 Å². The Hall–Kier alpha value is -5.47. The molecule has 3 aromatic heterocycles. The monoisotopic (exact) mass is 616 g/mol. The summed E-state index contributed by atoms with van der Waals surface area (Å²) in [4.78, 5) is 18.5. The minimum atomic E-state index is -0.315. The highest BCUT2D eigenvalue weighted by Crippen LogP contribution is 2.29. The Kier molecular flexibility index (Phi) is 7.27. The van der Waals surface area contributed by atoms with Gasteiger partial charge in [0.1, 0.15) is 23.8 Å². The third-order valence-corrected chi connectivity index (χ3v) is 7.92. The first-order valence-electron chi connectivity index (χ1n) is 14.3. The van der Waals surface area contributed by atoms with Crippen LogP contribution < -0.4 is 10.3 Å². The number of aryl methyl sites for hydroxylation is 1. The Labute approximate surface area is 262 Å². The van der Waals surface area contributed by atoms with Crippen molar-refractivity contribution in [3.8, 4) is 23.0 Å². The van der Waals surface area contributed by atoms with Gasteiger partial charge in [-0.3, -0.25) is 4.79 Å². The molecule has 0 aliphatic carbocycles. The van der Waals surface area contributed by atoms with Gasteiger partial charge in [-0.1, -0.05) is 41.9 Å². The highest BCUT2D eigenvalue weighted by molar-refractivity contribution is 6.31. The average molecular weight is 617 g/mol. The fourth-order valence-corrected chi connectivity index (χ4v) is 5.60. The molecule has 7 nitrogen and oxygen atoms in total. The van der Waals surface area contributed by atoms with E-state index in [0.717, 1.165) is 28.0 Å². The van der Waals surface area contributed by atoms with Gasteiger partial charge >= 0.3 is 0 Å². The quantitative estimate of drug-likeness (QED) is 0.168. The van der Waals surface area contributed by atoms with Crippen LogP contribution in [-0.2, 0) is 6.61 Å². The van der Waals surface area contributed by atoms with Gasteiger partial charge in [-0.2, -0.15) is 9.78 Å². The van der Waals surface area contributed by atoms with Gasteiger partial charge in [0.05, 0.1) is 17.1 Å². The molecule has 222 valence electrons. The summed E-state index contributed by atoms with van der Waals surface area (Å²) in [6, 6.07) is 30.5. The van der Waals surface area contributed by atoms with E-state index in [2.05, 4.69) is 9.67 Å². The second-order valence-electron chi connectivity index (χ2n) is 10.6. The zero-order valence-corrected chi connectivity index (χ0v) is 25.1. The molecule has 0 saturated heterocycles. The summed E-state index contributed by atoms with van der Waals surface area (Å²) in [5.41, 5.74) is 5.01. The number of ether oxygens (including phenoxy) is 1. The molecule has 9 heteroatoms. The Bertz CT molecular complexity index is 2300. The molecule has 0 radical (unpaired) electrons. The molecule has 3 heterocycles. The molecule has 0 N–H and O–H groups in total. The van der Waals surface area contributed by atoms with E-state index >= 15 is 0 Å². The lowest BCUT2D eigenvalue weighted by Gasteiger charge is -2.12. The van der Waals surface area contributed by atoms with Crippen LogP contribution >= 0.6 is 11.6 Å². The third-order valence-electron chi connectivity index (χ3n) is 7.68. The van der Waals surface area contributed by atoms with Crippen molar-refractivity contribution in [3.63, 3.8) is 0 Å². The van der Waals surface area contributed by atoms with E-state index in [4.69, 9.17) is 25.7 Å². The van der Waals surface area contributed by atoms with Crippen molar-refractivity contribution in [1.29, 1.82) is 0 Å². The predicted octanol–water partition coefficient (Wildman–Crippen LogP) is 8.47. The Morgan fingerprint density at radius 1 is 0.956 bits per heavy atom. The second kappa shape index (κ2) is 11.6. The van der Waals surface area contributed by atoms with Crippen LogP contribution in [-0.4, -0.2) is 20.4 Å². The van der Waals surface area contributed by atoms with Crippen LogP contribution in [0.15, 0.2) is 117 Å². The molecule has 0 aliphatic heterocycles. The number of hydrogen-bond donors (Lipinski definition) is 0. The van der Waals surface area contributed by atoms with Gasteiger partial charge in [-0.05, 0) is 86.6 Å². The summed E-state index contributed by atoms with van der Waals surface area (Å²) >= 11 is 6.19. The molecule has 0 spiro atoms. The molecule has 4 aromatic carbocycles. The van der Waals surface area contributed by atoms with Gasteiger partial charge in [-0.15, -0.1) is 0 Å². The Morgan fingerprint density at radius 2 is 1.73 bits per heavy atom. The number of para-hydroxylation sites is 1. The van der Waals surface area contributed by atoms with Crippen LogP contribution in [0.3, 0.4) is 0 Å². The minimum Gasteiger partial charge on any atom is -0.489 e. The molecule has 0 atom stereocenters. The number of hydrogen-bond acceptors (Lipinski definition) is 5. The number of rotatable bonds is 7. The Morgan fingerprint density at radius 3 is 2.56 bits per heavy atom. The van der Waals surface area contributed by atoms with E-state index in [1.165, 1.54) is 10.7 Å². The van der Waals surface area contributed by atoms with Crippen LogP contribution in [0.5, 0.6) is 5.75 Å². The van der Waals surface area contributed by atoms with Gasteiger partial charge in [0.25, 0.3) is 5.56 Å². The molecule has 0 aliphatic rings. The van der Waals surface area contributed by atoms with Gasteiger partial charge in [0.15, 0.2) is 5.76 Å². The van der Waals surface area contributed by atoms with E-state index in [-0.39, 0.29) is 23.8 Å². The maximum absolute atomic E-state index is 14.0. The molecule has 0 saturated carbocycles. The van der Waals surface area contributed by atoms with E-state index in [1.807, 2.05) is 50.2 Å². The van der Waals surface area contributed by atoms with Crippen LogP contribution in [0.1, 0.15) is 22.5 Å². The van der Waals surface area contributed by atoms with E-state index in [1.54, 1.807) is 66.9 Å². The molecular weight excluding hydrogens is 591 g/mol. The van der Waals surface area contributed by atoms with Crippen molar-refractivity contribution >= 4 is 39.7 Å². The first-order valence-corrected chi connectivity index (χ1v) is 14.6. The lowest BCUT2D eigenvalue weighted by atomic mass is 10.2. The largest absolute Gasteiger partial charge is 0.489 e. The fourth-order valence-electron chi connectivity index (χ4n) is 5.42. The second-order valence-corrected chi connectivity index (χ2v) is 11.1. The Balaban J connectivity index is 1.22. The highest BCUT2D eigenvalue weighted by atomic mass is 35.5. The molecule has 0 amide bonds. The van der Waals surface area contributed by atoms with Crippen LogP contribution in [0.25, 0.3) is 39.1 Å². The number of nitrogens with zero attached hydrogens (tertiary/aromatic N) is 4. The maximum Gasteiger partial charge on any atom is 0.282 e. The summed E-state index contributed by atoms with van der Waals surface area (Å²) in [6.45, 7) is 4.13. The van der Waals surface area contributed by atoms with Crippen molar-refractivity contribution < 1.29 is 13.5 Å². The number of aromatic nitrogens is 3. The molecule has 0 bridgehead atoms. The molecule has 7 aromatic rings. The number of fused-ring (bicyclic) bond motifs is 2. The standard InChI is InChI=1S/C36H26ClFN4O3/c1-22-17-26(23(2)41(22)28-12-14-29(15-13-28)44-21-24-7-3-5-9-31(24)38)20-39-42-35(40-32-10-6-4-8-30(32)36(42)43)34-19-25-18-27(37)11-16-33(25)45-34/h3-20H,21H2,1-2H3. The van der Waals surface area contributed by atoms with Crippen molar-refractivity contribution in [2.45, 2.75) is 20.5 Å². The summed E-state index contributed by atoms with van der Waals surface area (Å²) < 4.78 is 29.2. The smallest absolute Gasteiger partial charge is 0.282 e. The fraction of sp³-hybridized carbons (Fsp3) is 0.0833. The van der Waals surface area contributed by atoms with E-state index in [0.29, 0.717) is 38.6 Å². The molecule has 0 fully saturated rings. The molecule has 45 heavy (non-hydrogen) atoms. The van der Waals surface area contributed by atoms with Gasteiger partial charge in [0, 0.05) is 38.6 Å². The molecular formula is C36H26ClFN4O3. The van der Waals surface area contributed by atoms with Crippen molar-refractivity contribution in [2.75, 3.05) is 0 Å². The maximum atomic E-state index is 14.0. The van der Waals surface area contributed by atoms with Gasteiger partial charge < -0.3 is 13.7 Å². The summed E-state index contributed by atoms with van der Waals surface area (Å²) in [6.07, 6.45) is 1.66. The highest BCUT2D eigenvalue weighted by Gasteiger charge is 2.17. The SMILES string of the molecule is Cc1cc(C=Nn2c(-c3cc4cc(Cl)ccc4o3)nc3ccccc3c2=O)c(C)n1-c1ccc(OCc2ccccc2F)cc1. The predicted molar refractivity (Wildman–Crippen MR) is 175 cm³/mol. The number of furan rings is 1. The third kappa shape index (κ3) is 5.41. The van der Waals surface area contributed by atoms with Crippen LogP contribution in [0.4, 0.5) is 4.39 Å². The lowest BCUT2D eigenvalue weighted by molar-refractivity contribution is 0.300. The summed E-state index contributed by atoms with van der Waals surface area (Å²) in [7, 11) is 0. The number of halogens is 2. The zero-order chi connectivity index (χ0) is 31.1. The van der Waals surface area contributed by atoms with Crippen LogP contribution in [0, 0.1) is 19.7 Å². The summed E-state index contributed by atoms with van der Waals surface area (Å²) in [5, 5.41) is 6.46. The first-order chi connectivity index (χ1) is 21.9. The van der Waals surface area contributed by atoms with E-state index in [9.17, 15) is 9.18 Å². The molecule has 0 unspecified atom stereocenters. The minimum absolute atomic E-state index is 0.140. The van der Waals surface area contributed by atoms with Gasteiger partial charge in [0.2, 0.25) is 5.82 Å². The summed E-state index contributed by atoms with van der Waals surface area (Å²) in [5.74, 6) is 1.02. The molecule has 7 rings (SSSR count). The topological polar surface area (TPSA) is 74.5 Å². The van der Waals surface area contributed by atoms with Crippen molar-refractivity contribution in [2.24, 2.45) is 5.10 Å². The van der Waals surface area contributed by atoms with Crippen molar-refractivity contribution in [1.82, 2.24) is 14.2 Å². The zero-order valence-electron chi connectivity index (χ0n) is 24.4. The average Bonchev–Trinajstić information content (AvgIpc) is 3.59. The normalized spacial score (nSPS) is 11.6. The lowest BCUT2D eigenvalue weighted by Crippen LogP contribution is -2.20. The first kappa shape index (κ1) is 28.3. The van der Waals surface area contributed by atoms with Crippen LogP contribution in [0.2, 0.25) is 5.02 Å². The number of benzene rings is 4. The van der Waals surface area contributed by atoms with Crippen molar-refractivity contribution in [3.05, 3.63) is 147 Å².